The maximum absolute atomic E-state index is 10.6. The van der Waals surface area contributed by atoms with Gasteiger partial charge in [0.1, 0.15) is 12.1 Å². The van der Waals surface area contributed by atoms with Crippen LogP contribution in [0.25, 0.3) is 0 Å². The van der Waals surface area contributed by atoms with E-state index in [0.717, 1.165) is 0 Å². The molecule has 107 valence electrons. The van der Waals surface area contributed by atoms with Gasteiger partial charge in [-0.25, -0.2) is 0 Å². The van der Waals surface area contributed by atoms with Crippen LogP contribution in [0.4, 0.5) is 0 Å². The van der Waals surface area contributed by atoms with Gasteiger partial charge in [0.05, 0.1) is 12.8 Å². The Balaban J connectivity index is 0. The van der Waals surface area contributed by atoms with E-state index in [1.807, 2.05) is 5.32 Å². The first-order valence-electron chi connectivity index (χ1n) is 4.39. The van der Waals surface area contributed by atoms with Gasteiger partial charge in [-0.3, -0.25) is 24.5 Å². The van der Waals surface area contributed by atoms with E-state index in [2.05, 4.69) is 0 Å². The summed E-state index contributed by atoms with van der Waals surface area (Å²) in [6, 6.07) is -3.32. The molecule has 0 heterocycles. The standard InChI is InChI=1S/C8H11NO8.Cu/c10-5(11)1-3(7(14)15)9-4(8(16)17)2-6(12)13;/h3-4,9H,1-2H2,(H,10,11)(H,12,13)(H,14,15)(H,16,17);. The second kappa shape index (κ2) is 8.45. The molecular formula is C8H11CuNO8. The molecule has 10 heteroatoms. The van der Waals surface area contributed by atoms with Gasteiger partial charge in [0.15, 0.2) is 0 Å². The first kappa shape index (κ1) is 18.7. The van der Waals surface area contributed by atoms with Crippen LogP contribution in [0.3, 0.4) is 0 Å². The molecule has 1 radical (unpaired) electrons. The number of carboxylic acid groups (broad SMARTS) is 4. The molecule has 2 unspecified atom stereocenters. The van der Waals surface area contributed by atoms with Crippen LogP contribution in [0, 0.1) is 0 Å². The average Bonchev–Trinajstić information content (AvgIpc) is 2.13. The Morgan fingerprint density at radius 1 is 0.778 bits per heavy atom. The van der Waals surface area contributed by atoms with Crippen molar-refractivity contribution in [3.8, 4) is 0 Å². The summed E-state index contributed by atoms with van der Waals surface area (Å²) in [6.45, 7) is 0. The summed E-state index contributed by atoms with van der Waals surface area (Å²) in [6.07, 6.45) is -1.70. The Kier molecular flexibility index (Phi) is 8.79. The van der Waals surface area contributed by atoms with E-state index in [9.17, 15) is 19.2 Å². The van der Waals surface area contributed by atoms with E-state index >= 15 is 0 Å². The minimum absolute atomic E-state index is 0. The topological polar surface area (TPSA) is 161 Å². The molecule has 2 atom stereocenters. The summed E-state index contributed by atoms with van der Waals surface area (Å²) in [5.74, 6) is -6.01. The van der Waals surface area contributed by atoms with Crippen LogP contribution in [0.5, 0.6) is 0 Å². The van der Waals surface area contributed by atoms with Crippen LogP contribution >= 0.6 is 0 Å². The molecule has 5 N–H and O–H groups in total. The SMILES string of the molecule is O=C(O)CC(NC(CC(=O)O)C(=O)O)C(=O)O.[Cu]. The van der Waals surface area contributed by atoms with Gasteiger partial charge in [0, 0.05) is 17.1 Å². The smallest absolute Gasteiger partial charge is 0.321 e. The number of nitrogens with one attached hydrogen (secondary N) is 1. The van der Waals surface area contributed by atoms with Crippen LogP contribution in [-0.4, -0.2) is 56.4 Å². The third-order valence-electron chi connectivity index (χ3n) is 1.76. The van der Waals surface area contributed by atoms with Gasteiger partial charge in [-0.2, -0.15) is 0 Å². The van der Waals surface area contributed by atoms with E-state index in [0.29, 0.717) is 0 Å². The zero-order valence-electron chi connectivity index (χ0n) is 8.79. The minimum atomic E-state index is -1.66. The Morgan fingerprint density at radius 3 is 1.22 bits per heavy atom. The number of carboxylic acids is 4. The van der Waals surface area contributed by atoms with E-state index in [1.165, 1.54) is 0 Å². The van der Waals surface area contributed by atoms with Gasteiger partial charge in [-0.15, -0.1) is 0 Å². The molecule has 0 aliphatic carbocycles. The second-order valence-corrected chi connectivity index (χ2v) is 3.14. The van der Waals surface area contributed by atoms with Crippen molar-refractivity contribution in [2.24, 2.45) is 0 Å². The number of hydrogen-bond acceptors (Lipinski definition) is 5. The molecule has 0 fully saturated rings. The largest absolute Gasteiger partial charge is 0.481 e. The Morgan fingerprint density at radius 2 is 1.06 bits per heavy atom. The summed E-state index contributed by atoms with van der Waals surface area (Å²) < 4.78 is 0. The van der Waals surface area contributed by atoms with E-state index in [1.54, 1.807) is 0 Å². The molecule has 0 saturated carbocycles. The first-order chi connectivity index (χ1) is 7.73. The number of hydrogen-bond donors (Lipinski definition) is 5. The molecule has 0 spiro atoms. The van der Waals surface area contributed by atoms with Crippen molar-refractivity contribution in [2.45, 2.75) is 24.9 Å². The monoisotopic (exact) mass is 312 g/mol. The quantitative estimate of drug-likeness (QED) is 0.333. The van der Waals surface area contributed by atoms with Crippen LogP contribution in [0.15, 0.2) is 0 Å². The normalized spacial score (nSPS) is 12.9. The van der Waals surface area contributed by atoms with Crippen LogP contribution < -0.4 is 5.32 Å². The van der Waals surface area contributed by atoms with Crippen molar-refractivity contribution in [1.82, 2.24) is 5.32 Å². The van der Waals surface area contributed by atoms with Gasteiger partial charge in [-0.1, -0.05) is 0 Å². The predicted molar refractivity (Wildman–Crippen MR) is 50.5 cm³/mol. The zero-order valence-corrected chi connectivity index (χ0v) is 9.73. The van der Waals surface area contributed by atoms with Gasteiger partial charge >= 0.3 is 23.9 Å². The third-order valence-corrected chi connectivity index (χ3v) is 1.76. The summed E-state index contributed by atoms with van der Waals surface area (Å²) in [7, 11) is 0. The first-order valence-corrected chi connectivity index (χ1v) is 4.39. The van der Waals surface area contributed by atoms with Gasteiger partial charge in [-0.05, 0) is 0 Å². The van der Waals surface area contributed by atoms with Crippen molar-refractivity contribution in [1.29, 1.82) is 0 Å². The predicted octanol–water partition coefficient (Wildman–Crippen LogP) is -1.57. The van der Waals surface area contributed by atoms with Gasteiger partial charge in [0.25, 0.3) is 0 Å². The maximum atomic E-state index is 10.6. The van der Waals surface area contributed by atoms with E-state index in [-0.39, 0.29) is 17.1 Å². The molecule has 0 aromatic carbocycles. The fraction of sp³-hybridized carbons (Fsp3) is 0.500. The number of carbonyl (C=O) groups is 4. The summed E-state index contributed by atoms with van der Waals surface area (Å²) in [5, 5.41) is 36.0. The maximum Gasteiger partial charge on any atom is 0.321 e. The molecule has 0 bridgehead atoms. The molecule has 0 aromatic heterocycles. The molecular weight excluding hydrogens is 302 g/mol. The Hall–Kier alpha value is -1.64. The van der Waals surface area contributed by atoms with Gasteiger partial charge in [0.2, 0.25) is 0 Å². The van der Waals surface area contributed by atoms with Crippen LogP contribution in [-0.2, 0) is 36.2 Å². The molecule has 9 nitrogen and oxygen atoms in total. The molecule has 0 saturated heterocycles. The van der Waals surface area contributed by atoms with E-state index in [4.69, 9.17) is 20.4 Å². The second-order valence-electron chi connectivity index (χ2n) is 3.14. The molecule has 0 aliphatic rings. The van der Waals surface area contributed by atoms with Crippen molar-refractivity contribution < 1.29 is 56.7 Å². The van der Waals surface area contributed by atoms with Crippen LogP contribution in [0.1, 0.15) is 12.8 Å². The number of aliphatic carboxylic acids is 4. The van der Waals surface area contributed by atoms with Crippen molar-refractivity contribution in [3.05, 3.63) is 0 Å². The fourth-order valence-electron chi connectivity index (χ4n) is 1.03. The average molecular weight is 313 g/mol. The van der Waals surface area contributed by atoms with Crippen molar-refractivity contribution in [2.75, 3.05) is 0 Å². The van der Waals surface area contributed by atoms with Gasteiger partial charge < -0.3 is 20.4 Å². The van der Waals surface area contributed by atoms with Crippen molar-refractivity contribution in [3.63, 3.8) is 0 Å². The summed E-state index contributed by atoms with van der Waals surface area (Å²) in [4.78, 5) is 41.9. The summed E-state index contributed by atoms with van der Waals surface area (Å²) in [5.41, 5.74) is 0. The third kappa shape index (κ3) is 7.60. The minimum Gasteiger partial charge on any atom is -0.481 e. The summed E-state index contributed by atoms with van der Waals surface area (Å²) >= 11 is 0. The van der Waals surface area contributed by atoms with Crippen LogP contribution in [0.2, 0.25) is 0 Å². The fourth-order valence-corrected chi connectivity index (χ4v) is 1.03. The molecule has 0 aliphatic heterocycles. The van der Waals surface area contributed by atoms with Crippen molar-refractivity contribution >= 4 is 23.9 Å². The molecule has 0 rings (SSSR count). The molecule has 0 aromatic rings. The Bertz CT molecular complexity index is 312. The number of rotatable bonds is 8. The zero-order chi connectivity index (χ0) is 13.6. The molecule has 0 amide bonds. The Labute approximate surface area is 111 Å². The van der Waals surface area contributed by atoms with E-state index < -0.39 is 48.8 Å². The molecule has 18 heavy (non-hydrogen) atoms.